The van der Waals surface area contributed by atoms with Crippen molar-refractivity contribution < 1.29 is 0 Å². The van der Waals surface area contributed by atoms with Crippen LogP contribution in [-0.2, 0) is 0 Å². The molecule has 1 fully saturated rings. The Morgan fingerprint density at radius 3 is 2.71 bits per heavy atom. The first kappa shape index (κ1) is 13.8. The van der Waals surface area contributed by atoms with Crippen LogP contribution in [0.4, 0.5) is 5.82 Å². The molecule has 1 N–H and O–H groups in total. The number of hydrogen-bond donors (Lipinski definition) is 1. The number of piperidine rings is 1. The molecule has 112 valence electrons. The van der Waals surface area contributed by atoms with E-state index in [0.29, 0.717) is 5.92 Å². The summed E-state index contributed by atoms with van der Waals surface area (Å²) in [6.45, 7) is 5.96. The highest BCUT2D eigenvalue weighted by molar-refractivity contribution is 5.38. The van der Waals surface area contributed by atoms with Crippen LogP contribution in [0.2, 0.25) is 0 Å². The fourth-order valence-corrected chi connectivity index (χ4v) is 2.71. The quantitative estimate of drug-likeness (QED) is 0.921. The number of aromatic nitrogens is 5. The van der Waals surface area contributed by atoms with Crippen LogP contribution < -0.4 is 10.6 Å². The summed E-state index contributed by atoms with van der Waals surface area (Å²) < 4.78 is 1.69. The number of anilines is 1. The Hall–Kier alpha value is -2.18. The number of nitrogens with zero attached hydrogens (tertiary/aromatic N) is 5. The van der Waals surface area contributed by atoms with Crippen LogP contribution in [0.15, 0.2) is 23.4 Å². The predicted molar refractivity (Wildman–Crippen MR) is 79.5 cm³/mol. The van der Waals surface area contributed by atoms with Gasteiger partial charge in [0.2, 0.25) is 0 Å². The van der Waals surface area contributed by atoms with Gasteiger partial charge in [0.15, 0.2) is 0 Å². The maximum Gasteiger partial charge on any atom is 0.343 e. The molecule has 0 amide bonds. The lowest BCUT2D eigenvalue weighted by atomic mass is 10.1. The number of nitrogens with one attached hydrogen (secondary N) is 1. The van der Waals surface area contributed by atoms with Crippen molar-refractivity contribution in [2.75, 3.05) is 18.0 Å². The van der Waals surface area contributed by atoms with Crippen molar-refractivity contribution in [3.05, 3.63) is 34.9 Å². The molecular formula is C14H20N6O. The van der Waals surface area contributed by atoms with E-state index in [1.807, 2.05) is 12.3 Å². The highest BCUT2D eigenvalue weighted by Gasteiger charge is 2.23. The van der Waals surface area contributed by atoms with E-state index >= 15 is 0 Å². The summed E-state index contributed by atoms with van der Waals surface area (Å²) >= 11 is 0. The molecule has 21 heavy (non-hydrogen) atoms. The van der Waals surface area contributed by atoms with E-state index in [-0.39, 0.29) is 11.7 Å². The maximum absolute atomic E-state index is 11.6. The molecule has 0 atom stereocenters. The summed E-state index contributed by atoms with van der Waals surface area (Å²) in [7, 11) is 0. The Labute approximate surface area is 123 Å². The van der Waals surface area contributed by atoms with Gasteiger partial charge in [-0.15, -0.1) is 0 Å². The molecule has 0 spiro atoms. The van der Waals surface area contributed by atoms with Crippen molar-refractivity contribution in [2.45, 2.75) is 38.6 Å². The van der Waals surface area contributed by atoms with Crippen LogP contribution in [0.3, 0.4) is 0 Å². The van der Waals surface area contributed by atoms with E-state index in [9.17, 15) is 4.79 Å². The third kappa shape index (κ3) is 2.81. The lowest BCUT2D eigenvalue weighted by Gasteiger charge is -2.32. The molecule has 0 aromatic carbocycles. The van der Waals surface area contributed by atoms with Crippen molar-refractivity contribution in [1.82, 2.24) is 24.7 Å². The van der Waals surface area contributed by atoms with Crippen LogP contribution in [0, 0.1) is 0 Å². The van der Waals surface area contributed by atoms with Crippen LogP contribution in [0.1, 0.15) is 44.5 Å². The third-order valence-corrected chi connectivity index (χ3v) is 3.93. The van der Waals surface area contributed by atoms with Gasteiger partial charge in [-0.1, -0.05) is 13.8 Å². The van der Waals surface area contributed by atoms with E-state index < -0.39 is 0 Å². The van der Waals surface area contributed by atoms with Crippen LogP contribution in [0.25, 0.3) is 0 Å². The fourth-order valence-electron chi connectivity index (χ4n) is 2.71. The molecule has 0 saturated carbocycles. The Bertz CT molecular complexity index is 653. The van der Waals surface area contributed by atoms with Gasteiger partial charge in [-0.3, -0.25) is 4.57 Å². The molecule has 2 aromatic heterocycles. The minimum atomic E-state index is -0.127. The molecule has 2 aromatic rings. The topological polar surface area (TPSA) is 79.7 Å². The van der Waals surface area contributed by atoms with Crippen molar-refractivity contribution in [3.63, 3.8) is 0 Å². The summed E-state index contributed by atoms with van der Waals surface area (Å²) in [5.41, 5.74) is -0.127. The highest BCUT2D eigenvalue weighted by atomic mass is 16.1. The van der Waals surface area contributed by atoms with Crippen molar-refractivity contribution in [3.8, 4) is 0 Å². The molecule has 3 heterocycles. The van der Waals surface area contributed by atoms with Crippen LogP contribution in [-0.4, -0.2) is 37.8 Å². The molecule has 0 radical (unpaired) electrons. The molecule has 1 aliphatic heterocycles. The standard InChI is InChI=1S/C14H20N6O/c1-10(2)13-15-6-3-12(17-13)19-7-4-11(5-8-19)20-9-16-18-14(20)21/h3,6,9-11H,4-5,7-8H2,1-2H3,(H,18,21). The van der Waals surface area contributed by atoms with Gasteiger partial charge in [0.1, 0.15) is 18.0 Å². The monoisotopic (exact) mass is 288 g/mol. The second-order valence-electron chi connectivity index (χ2n) is 5.71. The lowest BCUT2D eigenvalue weighted by molar-refractivity contribution is 0.386. The summed E-state index contributed by atoms with van der Waals surface area (Å²) in [4.78, 5) is 22.8. The number of rotatable bonds is 3. The molecule has 7 heteroatoms. The van der Waals surface area contributed by atoms with Gasteiger partial charge >= 0.3 is 5.69 Å². The SMILES string of the molecule is CC(C)c1nccc(N2CCC(n3cn[nH]c3=O)CC2)n1. The summed E-state index contributed by atoms with van der Waals surface area (Å²) in [6.07, 6.45) is 5.25. The van der Waals surface area contributed by atoms with Gasteiger partial charge in [-0.05, 0) is 18.9 Å². The Morgan fingerprint density at radius 2 is 2.10 bits per heavy atom. The molecule has 7 nitrogen and oxygen atoms in total. The highest BCUT2D eigenvalue weighted by Crippen LogP contribution is 2.24. The largest absolute Gasteiger partial charge is 0.356 e. The summed E-state index contributed by atoms with van der Waals surface area (Å²) in [5, 5.41) is 6.25. The van der Waals surface area contributed by atoms with Gasteiger partial charge in [-0.2, -0.15) is 5.10 Å². The summed E-state index contributed by atoms with van der Waals surface area (Å²) in [5.74, 6) is 2.18. The normalized spacial score (nSPS) is 16.6. The minimum absolute atomic E-state index is 0.127. The first-order valence-electron chi connectivity index (χ1n) is 7.34. The van der Waals surface area contributed by atoms with Gasteiger partial charge < -0.3 is 4.90 Å². The van der Waals surface area contributed by atoms with Gasteiger partial charge in [0, 0.05) is 31.2 Å². The van der Waals surface area contributed by atoms with Gasteiger partial charge in [-0.25, -0.2) is 19.9 Å². The number of aromatic amines is 1. The second-order valence-corrected chi connectivity index (χ2v) is 5.71. The lowest BCUT2D eigenvalue weighted by Crippen LogP contribution is -2.37. The zero-order valence-corrected chi connectivity index (χ0v) is 12.4. The molecule has 0 aliphatic carbocycles. The molecule has 1 aliphatic rings. The second kappa shape index (κ2) is 5.67. The Balaban J connectivity index is 1.70. The van der Waals surface area contributed by atoms with Crippen molar-refractivity contribution >= 4 is 5.82 Å². The van der Waals surface area contributed by atoms with E-state index in [2.05, 4.69) is 38.9 Å². The van der Waals surface area contributed by atoms with Crippen molar-refractivity contribution in [1.29, 1.82) is 0 Å². The maximum atomic E-state index is 11.6. The van der Waals surface area contributed by atoms with E-state index in [1.165, 1.54) is 0 Å². The number of H-pyrrole nitrogens is 1. The Morgan fingerprint density at radius 1 is 1.33 bits per heavy atom. The molecule has 3 rings (SSSR count). The number of hydrogen-bond acceptors (Lipinski definition) is 5. The summed E-state index contributed by atoms with van der Waals surface area (Å²) in [6, 6.07) is 2.18. The predicted octanol–water partition coefficient (Wildman–Crippen LogP) is 1.33. The Kier molecular flexibility index (Phi) is 3.72. The molecular weight excluding hydrogens is 268 g/mol. The molecule has 0 bridgehead atoms. The molecule has 0 unspecified atom stereocenters. The van der Waals surface area contributed by atoms with Gasteiger partial charge in [0.25, 0.3) is 0 Å². The van der Waals surface area contributed by atoms with E-state index in [0.717, 1.165) is 37.6 Å². The average Bonchev–Trinajstić information content (AvgIpc) is 2.94. The van der Waals surface area contributed by atoms with E-state index in [4.69, 9.17) is 0 Å². The van der Waals surface area contributed by atoms with Gasteiger partial charge in [0.05, 0.1) is 0 Å². The minimum Gasteiger partial charge on any atom is -0.356 e. The smallest absolute Gasteiger partial charge is 0.343 e. The zero-order valence-electron chi connectivity index (χ0n) is 12.4. The van der Waals surface area contributed by atoms with E-state index in [1.54, 1.807) is 10.9 Å². The van der Waals surface area contributed by atoms with Crippen LogP contribution >= 0.6 is 0 Å². The fraction of sp³-hybridized carbons (Fsp3) is 0.571. The average molecular weight is 288 g/mol. The first-order chi connectivity index (χ1) is 10.1. The third-order valence-electron chi connectivity index (χ3n) is 3.93. The first-order valence-corrected chi connectivity index (χ1v) is 7.34. The zero-order chi connectivity index (χ0) is 14.8. The van der Waals surface area contributed by atoms with Crippen molar-refractivity contribution in [2.24, 2.45) is 0 Å². The molecule has 1 saturated heterocycles. The van der Waals surface area contributed by atoms with Crippen LogP contribution in [0.5, 0.6) is 0 Å².